The molecular weight excluding hydrogens is 1150 g/mol. The third-order valence-electron chi connectivity index (χ3n) is 15.7. The third kappa shape index (κ3) is 17.6. The van der Waals surface area contributed by atoms with Crippen molar-refractivity contribution in [2.75, 3.05) is 26.2 Å². The number of likely N-dealkylation sites (tertiary alicyclic amines) is 1. The number of rotatable bonds is 31. The lowest BCUT2D eigenvalue weighted by Gasteiger charge is -2.30. The number of nitrogens with one attached hydrogen (secondary N) is 12. The zero-order valence-electron chi connectivity index (χ0n) is 49.1. The van der Waals surface area contributed by atoms with Crippen LogP contribution in [-0.4, -0.2) is 176 Å². The second-order valence-electron chi connectivity index (χ2n) is 22.2. The van der Waals surface area contributed by atoms with E-state index >= 15 is 0 Å². The van der Waals surface area contributed by atoms with Crippen molar-refractivity contribution in [1.29, 1.82) is 0 Å². The van der Waals surface area contributed by atoms with Crippen molar-refractivity contribution < 1.29 is 57.8 Å². The van der Waals surface area contributed by atoms with Crippen LogP contribution in [0, 0.1) is 0 Å². The van der Waals surface area contributed by atoms with Gasteiger partial charge in [-0.05, 0) is 80.8 Å². The van der Waals surface area contributed by atoms with Gasteiger partial charge in [-0.15, -0.1) is 0 Å². The topological polar surface area (TPSA) is 432 Å². The van der Waals surface area contributed by atoms with Gasteiger partial charge in [0.25, 0.3) is 0 Å². The van der Waals surface area contributed by atoms with Crippen molar-refractivity contribution in [3.8, 4) is 0 Å². The number of aromatic nitrogens is 4. The van der Waals surface area contributed by atoms with Crippen LogP contribution in [0.2, 0.25) is 0 Å². The Morgan fingerprint density at radius 3 is 1.75 bits per heavy atom. The molecule has 17 N–H and O–H groups in total. The molecule has 28 heteroatoms. The molecule has 2 aliphatic heterocycles. The Bertz CT molecular complexity index is 3500. The molecule has 89 heavy (non-hydrogen) atoms. The van der Waals surface area contributed by atoms with Gasteiger partial charge in [0.2, 0.25) is 65.0 Å². The van der Waals surface area contributed by atoms with Gasteiger partial charge in [0, 0.05) is 84.7 Å². The van der Waals surface area contributed by atoms with E-state index in [4.69, 9.17) is 11.5 Å². The maximum atomic E-state index is 14.6. The van der Waals surface area contributed by atoms with E-state index in [-0.39, 0.29) is 57.4 Å². The zero-order chi connectivity index (χ0) is 63.6. The van der Waals surface area contributed by atoms with Crippen LogP contribution >= 0.6 is 0 Å². The molecule has 5 heterocycles. The number of hydrogen-bond donors (Lipinski definition) is 15. The van der Waals surface area contributed by atoms with Gasteiger partial charge in [0.1, 0.15) is 54.4 Å². The molecule has 0 spiro atoms. The largest absolute Gasteiger partial charge is 0.394 e. The van der Waals surface area contributed by atoms with Crippen molar-refractivity contribution in [3.05, 3.63) is 126 Å². The molecule has 2 aliphatic rings. The summed E-state index contributed by atoms with van der Waals surface area (Å²) in [6.45, 7) is 0.411. The fourth-order valence-electron chi connectivity index (χ4n) is 10.9. The number of aromatic amines is 3. The summed E-state index contributed by atoms with van der Waals surface area (Å²) >= 11 is 0. The average molecular weight is 1230 g/mol. The first kappa shape index (κ1) is 65.0. The van der Waals surface area contributed by atoms with E-state index < -0.39 is 127 Å². The van der Waals surface area contributed by atoms with Gasteiger partial charge in [-0.1, -0.05) is 66.7 Å². The summed E-state index contributed by atoms with van der Waals surface area (Å²) < 4.78 is 0. The van der Waals surface area contributed by atoms with Gasteiger partial charge in [-0.3, -0.25) is 52.7 Å². The predicted octanol–water partition coefficient (Wildman–Crippen LogP) is -1.95. The van der Waals surface area contributed by atoms with Gasteiger partial charge in [0.05, 0.1) is 19.5 Å². The molecule has 1 unspecified atom stereocenters. The van der Waals surface area contributed by atoms with E-state index in [1.54, 1.807) is 54.9 Å². The summed E-state index contributed by atoms with van der Waals surface area (Å²) in [6, 6.07) is 11.6. The quantitative estimate of drug-likeness (QED) is 0.0211. The number of aliphatic hydroxyl groups excluding tert-OH is 1. The summed E-state index contributed by atoms with van der Waals surface area (Å²) in [4.78, 5) is 166. The Balaban J connectivity index is 0.983. The summed E-state index contributed by atoms with van der Waals surface area (Å²) in [5.74, 6) is -8.07. The molecule has 3 aromatic carbocycles. The van der Waals surface area contributed by atoms with Crippen molar-refractivity contribution in [2.24, 2.45) is 11.5 Å². The monoisotopic (exact) mass is 1220 g/mol. The lowest BCUT2D eigenvalue weighted by molar-refractivity contribution is -0.142. The number of nitrogens with two attached hydrogens (primary N) is 2. The fraction of sp³-hybridized carbons (Fsp3) is 0.410. The minimum atomic E-state index is -1.74. The van der Waals surface area contributed by atoms with Crippen LogP contribution in [0.25, 0.3) is 21.8 Å². The molecule has 472 valence electrons. The number of benzene rings is 3. The number of imidazole rings is 1. The molecule has 11 amide bonds. The van der Waals surface area contributed by atoms with Gasteiger partial charge in [0.15, 0.2) is 0 Å². The molecule has 0 bridgehead atoms. The molecule has 3 aromatic heterocycles. The standard InChI is InChI=1S/C61H76N16O12/c1-34(53(81)72-46(25-36-28-65-41-16-7-5-14-39(36)41)57(85)71-44(18-9-10-22-62)61(89)77-23-11-19-50(77)60(88)67-31-51(63)79)69-55(83)48(27-38-30-64-33-68-38)75-59(87)49(32-78)76-58(86)47(26-37-29-66-42-17-8-6-15-40(37)42)74-56(84)45(24-35-12-3-2-4-13-35)73-54(82)43-20-21-52(80)70-43/h2-8,12-17,28-30,33-34,43-50,65-66,78H,9-11,18-27,31-32,62H2,1H3,(H2,63,79)(H,64,68)(H,67,88)(H,69,83)(H,70,80)(H,71,85)(H,72,81)(H,73,82)(H,74,84)(H,75,87)(H,76,86)/t34?,43-,44-,45+,46+,47+,48-,49-,50-/m0/s1. The molecule has 9 atom stereocenters. The predicted molar refractivity (Wildman–Crippen MR) is 324 cm³/mol. The van der Waals surface area contributed by atoms with Crippen LogP contribution in [0.3, 0.4) is 0 Å². The van der Waals surface area contributed by atoms with E-state index in [0.29, 0.717) is 54.6 Å². The van der Waals surface area contributed by atoms with Crippen LogP contribution in [0.15, 0.2) is 104 Å². The molecule has 8 rings (SSSR count). The van der Waals surface area contributed by atoms with E-state index in [2.05, 4.69) is 67.8 Å². The smallest absolute Gasteiger partial charge is 0.245 e. The number of unbranched alkanes of at least 4 members (excludes halogenated alkanes) is 1. The number of fused-ring (bicyclic) bond motifs is 2. The minimum Gasteiger partial charge on any atom is -0.394 e. The Morgan fingerprint density at radius 2 is 1.18 bits per heavy atom. The Hall–Kier alpha value is -9.96. The van der Waals surface area contributed by atoms with Crippen molar-refractivity contribution in [3.63, 3.8) is 0 Å². The van der Waals surface area contributed by atoms with Crippen molar-refractivity contribution in [2.45, 2.75) is 132 Å². The van der Waals surface area contributed by atoms with E-state index in [1.807, 2.05) is 36.4 Å². The maximum Gasteiger partial charge on any atom is 0.245 e. The zero-order valence-corrected chi connectivity index (χ0v) is 49.1. The number of aliphatic hydroxyl groups is 1. The highest BCUT2D eigenvalue weighted by atomic mass is 16.3. The van der Waals surface area contributed by atoms with E-state index in [9.17, 15) is 57.8 Å². The van der Waals surface area contributed by atoms with E-state index in [0.717, 1.165) is 21.8 Å². The molecular formula is C61H76N16O12. The summed E-state index contributed by atoms with van der Waals surface area (Å²) in [7, 11) is 0. The summed E-state index contributed by atoms with van der Waals surface area (Å²) in [5, 5.41) is 36.0. The number of para-hydroxylation sites is 2. The van der Waals surface area contributed by atoms with Gasteiger partial charge < -0.3 is 84.3 Å². The fourth-order valence-corrected chi connectivity index (χ4v) is 10.9. The van der Waals surface area contributed by atoms with Gasteiger partial charge >= 0.3 is 0 Å². The van der Waals surface area contributed by atoms with Crippen LogP contribution in [0.4, 0.5) is 0 Å². The first-order valence-corrected chi connectivity index (χ1v) is 29.6. The second-order valence-corrected chi connectivity index (χ2v) is 22.2. The maximum absolute atomic E-state index is 14.6. The number of carbonyl (C=O) groups excluding carboxylic acids is 11. The van der Waals surface area contributed by atoms with Crippen molar-refractivity contribution >= 4 is 86.8 Å². The van der Waals surface area contributed by atoms with Crippen LogP contribution in [0.5, 0.6) is 0 Å². The van der Waals surface area contributed by atoms with Crippen LogP contribution in [-0.2, 0) is 78.4 Å². The Morgan fingerprint density at radius 1 is 0.629 bits per heavy atom. The minimum absolute atomic E-state index is 0.00625. The lowest BCUT2D eigenvalue weighted by atomic mass is 10.0. The number of primary amides is 1. The van der Waals surface area contributed by atoms with Gasteiger partial charge in [-0.2, -0.15) is 0 Å². The first-order valence-electron chi connectivity index (χ1n) is 29.6. The first-order chi connectivity index (χ1) is 42.9. The molecule has 0 saturated carbocycles. The molecule has 2 saturated heterocycles. The summed E-state index contributed by atoms with van der Waals surface area (Å²) in [5.41, 5.74) is 14.8. The van der Waals surface area contributed by atoms with Crippen LogP contribution < -0.4 is 59.3 Å². The second kappa shape index (κ2) is 31.1. The average Bonchev–Trinajstić information content (AvgIpc) is 3.51. The number of hydrogen-bond acceptors (Lipinski definition) is 14. The summed E-state index contributed by atoms with van der Waals surface area (Å²) in [6.07, 6.45) is 7.74. The number of nitrogens with zero attached hydrogens (tertiary/aromatic N) is 2. The SMILES string of the molecule is CC(NC(=O)[C@H](Cc1cnc[nH]1)NC(=O)[C@H](CO)NC(=O)[C@@H](Cc1c[nH]c2ccccc12)NC(=O)[C@@H](Cc1ccccc1)NC(=O)[C@@H]1CCC(=O)N1)C(=O)N[C@H](Cc1c[nH]c2ccccc12)C(=O)N[C@@H](CCCCN)C(=O)N1CCC[C@H]1C(=O)NCC(N)=O. The molecule has 6 aromatic rings. The highest BCUT2D eigenvalue weighted by Gasteiger charge is 2.40. The van der Waals surface area contributed by atoms with Crippen LogP contribution in [0.1, 0.15) is 74.3 Å². The number of amides is 11. The molecule has 2 fully saturated rings. The third-order valence-corrected chi connectivity index (χ3v) is 15.7. The lowest BCUT2D eigenvalue weighted by Crippen LogP contribution is -2.61. The Labute approximate surface area is 511 Å². The molecule has 28 nitrogen and oxygen atoms in total. The Kier molecular flexibility index (Phi) is 22.7. The normalized spacial score (nSPS) is 17.0. The van der Waals surface area contributed by atoms with Gasteiger partial charge in [-0.25, -0.2) is 4.98 Å². The number of carbonyl (C=O) groups is 11. The molecule has 0 radical (unpaired) electrons. The highest BCUT2D eigenvalue weighted by molar-refractivity contribution is 6.00. The molecule has 0 aliphatic carbocycles. The number of H-pyrrole nitrogens is 3. The highest BCUT2D eigenvalue weighted by Crippen LogP contribution is 2.23. The van der Waals surface area contributed by atoms with Crippen molar-refractivity contribution in [1.82, 2.24) is 72.7 Å². The van der Waals surface area contributed by atoms with E-state index in [1.165, 1.54) is 24.3 Å².